The summed E-state index contributed by atoms with van der Waals surface area (Å²) in [7, 11) is 0. The van der Waals surface area contributed by atoms with E-state index in [9.17, 15) is 4.79 Å². The molecule has 3 aromatic rings. The van der Waals surface area contributed by atoms with E-state index >= 15 is 0 Å². The molecule has 27 heavy (non-hydrogen) atoms. The number of aryl methyl sites for hydroxylation is 1. The fraction of sp³-hybridized carbons (Fsp3) is 0.182. The molecule has 3 rings (SSSR count). The first-order valence-corrected chi connectivity index (χ1v) is 8.94. The lowest BCUT2D eigenvalue weighted by Crippen LogP contribution is -2.23. The van der Waals surface area contributed by atoms with Crippen molar-refractivity contribution in [2.45, 2.75) is 20.4 Å². The molecule has 0 spiro atoms. The van der Waals surface area contributed by atoms with E-state index < -0.39 is 0 Å². The van der Waals surface area contributed by atoms with E-state index in [-0.39, 0.29) is 5.91 Å². The molecule has 5 nitrogen and oxygen atoms in total. The van der Waals surface area contributed by atoms with Gasteiger partial charge in [-0.15, -0.1) is 0 Å². The summed E-state index contributed by atoms with van der Waals surface area (Å²) in [5, 5.41) is 6.18. The smallest absolute Gasteiger partial charge is 0.270 e. The van der Waals surface area contributed by atoms with Crippen molar-refractivity contribution in [1.82, 2.24) is 10.3 Å². The van der Waals surface area contributed by atoms with Gasteiger partial charge in [0.05, 0.1) is 6.61 Å². The molecule has 0 saturated heterocycles. The minimum Gasteiger partial charge on any atom is -0.494 e. The fourth-order valence-corrected chi connectivity index (χ4v) is 2.70. The molecule has 0 saturated carbocycles. The van der Waals surface area contributed by atoms with Crippen LogP contribution in [-0.2, 0) is 6.54 Å². The largest absolute Gasteiger partial charge is 0.494 e. The molecule has 2 aromatic carbocycles. The molecule has 0 fully saturated rings. The highest BCUT2D eigenvalue weighted by molar-refractivity contribution is 5.93. The normalized spacial score (nSPS) is 10.3. The second kappa shape index (κ2) is 8.85. The summed E-state index contributed by atoms with van der Waals surface area (Å²) in [6.45, 7) is 5.09. The predicted octanol–water partition coefficient (Wildman–Crippen LogP) is 4.46. The van der Waals surface area contributed by atoms with E-state index in [1.165, 1.54) is 5.56 Å². The van der Waals surface area contributed by atoms with E-state index in [2.05, 4.69) is 21.7 Å². The van der Waals surface area contributed by atoms with Gasteiger partial charge >= 0.3 is 0 Å². The van der Waals surface area contributed by atoms with Gasteiger partial charge in [0.1, 0.15) is 11.4 Å². The molecule has 0 unspecified atom stereocenters. The number of amides is 1. The van der Waals surface area contributed by atoms with Crippen LogP contribution in [0, 0.1) is 6.92 Å². The SMILES string of the molecule is CCOc1ccc(Nc2ccnc(C(=O)NCc3cccc(C)c3)c2)cc1. The van der Waals surface area contributed by atoms with Gasteiger partial charge in [0.15, 0.2) is 0 Å². The predicted molar refractivity (Wildman–Crippen MR) is 107 cm³/mol. The van der Waals surface area contributed by atoms with Crippen LogP contribution in [0.4, 0.5) is 11.4 Å². The van der Waals surface area contributed by atoms with Crippen molar-refractivity contribution in [3.63, 3.8) is 0 Å². The summed E-state index contributed by atoms with van der Waals surface area (Å²) in [6, 6.07) is 19.3. The van der Waals surface area contributed by atoms with Crippen LogP contribution in [0.5, 0.6) is 5.75 Å². The molecule has 0 bridgehead atoms. The topological polar surface area (TPSA) is 63.2 Å². The number of anilines is 2. The molecule has 1 amide bonds. The Kier molecular flexibility index (Phi) is 6.05. The number of hydrogen-bond donors (Lipinski definition) is 2. The lowest BCUT2D eigenvalue weighted by Gasteiger charge is -2.10. The second-order valence-electron chi connectivity index (χ2n) is 6.18. The van der Waals surface area contributed by atoms with Crippen molar-refractivity contribution in [3.8, 4) is 5.75 Å². The lowest BCUT2D eigenvalue weighted by atomic mass is 10.1. The van der Waals surface area contributed by atoms with Crippen LogP contribution in [-0.4, -0.2) is 17.5 Å². The zero-order chi connectivity index (χ0) is 19.1. The Morgan fingerprint density at radius 2 is 1.85 bits per heavy atom. The molecular weight excluding hydrogens is 338 g/mol. The number of carbonyl (C=O) groups excluding carboxylic acids is 1. The number of benzene rings is 2. The molecule has 1 heterocycles. The number of nitrogens with zero attached hydrogens (tertiary/aromatic N) is 1. The molecule has 0 radical (unpaired) electrons. The number of hydrogen-bond acceptors (Lipinski definition) is 4. The molecule has 138 valence electrons. The third-order valence-corrected chi connectivity index (χ3v) is 3.98. The summed E-state index contributed by atoms with van der Waals surface area (Å²) < 4.78 is 5.44. The van der Waals surface area contributed by atoms with Crippen LogP contribution in [0.3, 0.4) is 0 Å². The molecule has 0 aliphatic carbocycles. The Hall–Kier alpha value is -3.34. The van der Waals surface area contributed by atoms with Gasteiger partial charge in [0.25, 0.3) is 5.91 Å². The quantitative estimate of drug-likeness (QED) is 0.652. The number of rotatable bonds is 7. The van der Waals surface area contributed by atoms with Gasteiger partial charge < -0.3 is 15.4 Å². The van der Waals surface area contributed by atoms with Crippen molar-refractivity contribution >= 4 is 17.3 Å². The van der Waals surface area contributed by atoms with Crippen molar-refractivity contribution in [3.05, 3.63) is 83.7 Å². The highest BCUT2D eigenvalue weighted by Crippen LogP contribution is 2.20. The maximum absolute atomic E-state index is 12.4. The van der Waals surface area contributed by atoms with Gasteiger partial charge in [-0.1, -0.05) is 29.8 Å². The summed E-state index contributed by atoms with van der Waals surface area (Å²) in [5.74, 6) is 0.626. The van der Waals surface area contributed by atoms with Gasteiger partial charge in [-0.05, 0) is 55.8 Å². The number of aromatic nitrogens is 1. The van der Waals surface area contributed by atoms with Gasteiger partial charge in [-0.3, -0.25) is 9.78 Å². The molecule has 1 aromatic heterocycles. The average Bonchev–Trinajstić information content (AvgIpc) is 2.68. The monoisotopic (exact) mass is 361 g/mol. The zero-order valence-electron chi connectivity index (χ0n) is 15.5. The highest BCUT2D eigenvalue weighted by Gasteiger charge is 2.08. The maximum Gasteiger partial charge on any atom is 0.270 e. The van der Waals surface area contributed by atoms with E-state index in [1.807, 2.05) is 62.4 Å². The third kappa shape index (κ3) is 5.31. The van der Waals surface area contributed by atoms with Gasteiger partial charge in [-0.2, -0.15) is 0 Å². The highest BCUT2D eigenvalue weighted by atomic mass is 16.5. The van der Waals surface area contributed by atoms with Crippen LogP contribution >= 0.6 is 0 Å². The zero-order valence-corrected chi connectivity index (χ0v) is 15.5. The Morgan fingerprint density at radius 3 is 2.59 bits per heavy atom. The standard InChI is InChI=1S/C22H23N3O2/c1-3-27-20-9-7-18(8-10-20)25-19-11-12-23-21(14-19)22(26)24-15-17-6-4-5-16(2)13-17/h4-14H,3,15H2,1-2H3,(H,23,25)(H,24,26). The Labute approximate surface area is 159 Å². The first-order valence-electron chi connectivity index (χ1n) is 8.94. The lowest BCUT2D eigenvalue weighted by molar-refractivity contribution is 0.0946. The van der Waals surface area contributed by atoms with Gasteiger partial charge in [0.2, 0.25) is 0 Å². The van der Waals surface area contributed by atoms with Crippen molar-refractivity contribution in [1.29, 1.82) is 0 Å². The summed E-state index contributed by atoms with van der Waals surface area (Å²) in [6.07, 6.45) is 1.62. The van der Waals surface area contributed by atoms with Crippen molar-refractivity contribution in [2.75, 3.05) is 11.9 Å². The number of ether oxygens (including phenoxy) is 1. The Balaban J connectivity index is 1.63. The van der Waals surface area contributed by atoms with Crippen LogP contribution < -0.4 is 15.4 Å². The minimum atomic E-state index is -0.202. The van der Waals surface area contributed by atoms with Crippen molar-refractivity contribution in [2.24, 2.45) is 0 Å². The first-order chi connectivity index (χ1) is 13.1. The van der Waals surface area contributed by atoms with Crippen LogP contribution in [0.2, 0.25) is 0 Å². The minimum absolute atomic E-state index is 0.202. The summed E-state index contributed by atoms with van der Waals surface area (Å²) in [5.41, 5.74) is 4.32. The van der Waals surface area contributed by atoms with E-state index in [1.54, 1.807) is 12.3 Å². The molecule has 2 N–H and O–H groups in total. The van der Waals surface area contributed by atoms with E-state index in [4.69, 9.17) is 4.74 Å². The molecule has 0 aliphatic rings. The maximum atomic E-state index is 12.4. The van der Waals surface area contributed by atoms with Gasteiger partial charge in [0, 0.05) is 24.1 Å². The molecular formula is C22H23N3O2. The molecule has 5 heteroatoms. The summed E-state index contributed by atoms with van der Waals surface area (Å²) >= 11 is 0. The third-order valence-electron chi connectivity index (χ3n) is 3.98. The fourth-order valence-electron chi connectivity index (χ4n) is 2.70. The molecule has 0 atom stereocenters. The average molecular weight is 361 g/mol. The summed E-state index contributed by atoms with van der Waals surface area (Å²) in [4.78, 5) is 16.6. The van der Waals surface area contributed by atoms with Crippen LogP contribution in [0.15, 0.2) is 66.9 Å². The van der Waals surface area contributed by atoms with Crippen LogP contribution in [0.25, 0.3) is 0 Å². The van der Waals surface area contributed by atoms with E-state index in [0.717, 1.165) is 22.7 Å². The number of nitrogens with one attached hydrogen (secondary N) is 2. The first kappa shape index (κ1) is 18.5. The number of carbonyl (C=O) groups is 1. The Bertz CT molecular complexity index is 907. The van der Waals surface area contributed by atoms with Gasteiger partial charge in [-0.25, -0.2) is 0 Å². The van der Waals surface area contributed by atoms with Crippen LogP contribution in [0.1, 0.15) is 28.5 Å². The number of pyridine rings is 1. The Morgan fingerprint density at radius 1 is 1.04 bits per heavy atom. The van der Waals surface area contributed by atoms with Crippen molar-refractivity contribution < 1.29 is 9.53 Å². The van der Waals surface area contributed by atoms with E-state index in [0.29, 0.717) is 18.8 Å². The second-order valence-corrected chi connectivity index (χ2v) is 6.18. The molecule has 0 aliphatic heterocycles.